The van der Waals surface area contributed by atoms with Crippen LogP contribution in [0.1, 0.15) is 59.0 Å². The van der Waals surface area contributed by atoms with Gasteiger partial charge in [0.25, 0.3) is 0 Å². The zero-order chi connectivity index (χ0) is 20.0. The molecule has 0 radical (unpaired) electrons. The fourth-order valence-electron chi connectivity index (χ4n) is 4.87. The van der Waals surface area contributed by atoms with E-state index in [4.69, 9.17) is 0 Å². The first-order valence-corrected chi connectivity index (χ1v) is 10.2. The van der Waals surface area contributed by atoms with Crippen molar-refractivity contribution in [2.24, 2.45) is 11.8 Å². The summed E-state index contributed by atoms with van der Waals surface area (Å²) in [6.07, 6.45) is 7.59. The number of hydrogen-bond donors (Lipinski definition) is 0. The first kappa shape index (κ1) is 18.8. The molecule has 1 aromatic heterocycles. The van der Waals surface area contributed by atoms with Crippen LogP contribution in [-0.4, -0.2) is 13.9 Å². The van der Waals surface area contributed by atoms with E-state index >= 15 is 0 Å². The number of para-hydroxylation sites is 1. The van der Waals surface area contributed by atoms with Crippen molar-refractivity contribution < 1.29 is 0 Å². The lowest BCUT2D eigenvalue weighted by Gasteiger charge is -2.44. The summed E-state index contributed by atoms with van der Waals surface area (Å²) in [5.41, 5.74) is 2.73. The van der Waals surface area contributed by atoms with Crippen LogP contribution in [0.5, 0.6) is 0 Å². The lowest BCUT2D eigenvalue weighted by molar-refractivity contribution is 0.121. The number of hydrogen-bond acceptors (Lipinski definition) is 2. The van der Waals surface area contributed by atoms with Gasteiger partial charge in [-0.25, -0.2) is 23.5 Å². The number of benzene rings is 1. The first-order chi connectivity index (χ1) is 13.4. The van der Waals surface area contributed by atoms with Gasteiger partial charge in [-0.15, -0.1) is 0 Å². The molecular weight excluding hydrogens is 350 g/mol. The molecule has 4 unspecified atom stereocenters. The van der Waals surface area contributed by atoms with Crippen LogP contribution in [0.3, 0.4) is 0 Å². The molecule has 28 heavy (non-hydrogen) atoms. The summed E-state index contributed by atoms with van der Waals surface area (Å²) in [5.74, 6) is 0.867. The normalized spacial score (nSPS) is 23.9. The second kappa shape index (κ2) is 7.12. The highest BCUT2D eigenvalue weighted by molar-refractivity contribution is 5.31. The second-order valence-electron chi connectivity index (χ2n) is 8.58. The molecule has 5 nitrogen and oxygen atoms in total. The van der Waals surface area contributed by atoms with Gasteiger partial charge in [0, 0.05) is 0 Å². The van der Waals surface area contributed by atoms with Crippen LogP contribution in [-0.2, 0) is 0 Å². The third-order valence-corrected chi connectivity index (χ3v) is 6.40. The van der Waals surface area contributed by atoms with Gasteiger partial charge in [-0.1, -0.05) is 48.4 Å². The molecule has 0 saturated heterocycles. The van der Waals surface area contributed by atoms with Gasteiger partial charge in [0.1, 0.15) is 0 Å². The Morgan fingerprint density at radius 3 is 2.50 bits per heavy atom. The van der Waals surface area contributed by atoms with Crippen molar-refractivity contribution in [3.8, 4) is 5.69 Å². The Labute approximate surface area is 165 Å². The van der Waals surface area contributed by atoms with Crippen molar-refractivity contribution >= 4 is 0 Å². The van der Waals surface area contributed by atoms with Crippen LogP contribution in [0.15, 0.2) is 63.2 Å². The Morgan fingerprint density at radius 1 is 1.14 bits per heavy atom. The molecule has 148 valence electrons. The lowest BCUT2D eigenvalue weighted by Crippen LogP contribution is -2.46. The van der Waals surface area contributed by atoms with Gasteiger partial charge in [-0.05, 0) is 64.0 Å². The summed E-state index contributed by atoms with van der Waals surface area (Å²) in [4.78, 5) is 26.4. The Morgan fingerprint density at radius 2 is 1.82 bits per heavy atom. The molecule has 5 heteroatoms. The molecule has 0 fully saturated rings. The summed E-state index contributed by atoms with van der Waals surface area (Å²) in [6.45, 7) is 8.63. The van der Waals surface area contributed by atoms with E-state index in [2.05, 4.69) is 39.8 Å². The molecule has 5 rings (SSSR count). The van der Waals surface area contributed by atoms with Gasteiger partial charge in [0.2, 0.25) is 0 Å². The van der Waals surface area contributed by atoms with E-state index in [1.54, 1.807) is 9.36 Å². The van der Waals surface area contributed by atoms with Crippen molar-refractivity contribution in [1.82, 2.24) is 13.9 Å². The Balaban J connectivity index is 1.75. The van der Waals surface area contributed by atoms with E-state index in [1.165, 1.54) is 15.7 Å². The van der Waals surface area contributed by atoms with Crippen LogP contribution >= 0.6 is 0 Å². The molecule has 0 saturated carbocycles. The van der Waals surface area contributed by atoms with Crippen LogP contribution in [0.2, 0.25) is 0 Å². The highest BCUT2D eigenvalue weighted by Gasteiger charge is 2.44. The summed E-state index contributed by atoms with van der Waals surface area (Å²) in [7, 11) is 0. The lowest BCUT2D eigenvalue weighted by atomic mass is 9.73. The maximum Gasteiger partial charge on any atom is 0.352 e. The number of aromatic nitrogens is 3. The molecule has 4 atom stereocenters. The van der Waals surface area contributed by atoms with Gasteiger partial charge < -0.3 is 0 Å². The van der Waals surface area contributed by atoms with Crippen molar-refractivity contribution in [2.45, 2.75) is 59.0 Å². The highest BCUT2D eigenvalue weighted by atomic mass is 16.2. The highest BCUT2D eigenvalue weighted by Crippen LogP contribution is 2.46. The Hall–Kier alpha value is -2.56. The maximum atomic E-state index is 13.3. The summed E-state index contributed by atoms with van der Waals surface area (Å²) < 4.78 is 4.75. The summed E-state index contributed by atoms with van der Waals surface area (Å²) in [5, 5.41) is 0. The predicted octanol–water partition coefficient (Wildman–Crippen LogP) is 4.25. The molecule has 0 N–H and O–H groups in total. The molecule has 0 amide bonds. The minimum atomic E-state index is -0.228. The van der Waals surface area contributed by atoms with Crippen LogP contribution in [0.4, 0.5) is 0 Å². The monoisotopic (exact) mass is 379 g/mol. The average molecular weight is 380 g/mol. The molecule has 2 bridgehead atoms. The van der Waals surface area contributed by atoms with Crippen LogP contribution < -0.4 is 11.4 Å². The maximum absolute atomic E-state index is 13.3. The number of allylic oxidation sites excluding steroid dienone is 4. The number of nitrogens with zero attached hydrogens (tertiary/aromatic N) is 3. The third-order valence-electron chi connectivity index (χ3n) is 6.40. The minimum absolute atomic E-state index is 0.0222. The minimum Gasteiger partial charge on any atom is -0.245 e. The van der Waals surface area contributed by atoms with E-state index in [-0.39, 0.29) is 23.5 Å². The van der Waals surface area contributed by atoms with E-state index in [0.29, 0.717) is 17.5 Å². The van der Waals surface area contributed by atoms with E-state index in [9.17, 15) is 9.59 Å². The van der Waals surface area contributed by atoms with Gasteiger partial charge in [-0.3, -0.25) is 0 Å². The van der Waals surface area contributed by atoms with Gasteiger partial charge in [-0.2, -0.15) is 0 Å². The number of fused-ring (bicyclic) bond motifs is 1. The number of rotatable bonds is 5. The molecule has 1 aliphatic carbocycles. The van der Waals surface area contributed by atoms with E-state index in [0.717, 1.165) is 19.3 Å². The standard InChI is InChI=1S/C23H29N3O2/c1-15(2)9-8-10-16(3)19-14-20-17(4)13-21(19)26-23(28)24(22(27)25(20)26)18-11-6-5-7-12-18/h5-7,9,11-13,16,19-21H,8,10,14H2,1-4H3. The third kappa shape index (κ3) is 2.93. The van der Waals surface area contributed by atoms with E-state index in [1.807, 2.05) is 30.3 Å². The van der Waals surface area contributed by atoms with Crippen molar-refractivity contribution in [1.29, 1.82) is 0 Å². The zero-order valence-electron chi connectivity index (χ0n) is 17.1. The van der Waals surface area contributed by atoms with Gasteiger partial charge in [0.05, 0.1) is 17.8 Å². The van der Waals surface area contributed by atoms with Gasteiger partial charge in [0.15, 0.2) is 0 Å². The van der Waals surface area contributed by atoms with Crippen LogP contribution in [0, 0.1) is 11.8 Å². The van der Waals surface area contributed by atoms with Crippen molar-refractivity contribution in [3.05, 3.63) is 74.6 Å². The quantitative estimate of drug-likeness (QED) is 0.730. The topological polar surface area (TPSA) is 48.9 Å². The largest absolute Gasteiger partial charge is 0.352 e. The SMILES string of the molecule is CC(C)=CCCC(C)C1CC2C(C)=CC1n1c(=O)n(-c3ccccc3)c(=O)n12. The summed E-state index contributed by atoms with van der Waals surface area (Å²) >= 11 is 0. The Bertz CT molecular complexity index is 1050. The predicted molar refractivity (Wildman–Crippen MR) is 112 cm³/mol. The van der Waals surface area contributed by atoms with Gasteiger partial charge >= 0.3 is 11.4 Å². The van der Waals surface area contributed by atoms with Crippen molar-refractivity contribution in [3.63, 3.8) is 0 Å². The molecule has 3 heterocycles. The smallest absolute Gasteiger partial charge is 0.245 e. The van der Waals surface area contributed by atoms with Crippen LogP contribution in [0.25, 0.3) is 5.69 Å². The molecule has 2 aliphatic heterocycles. The molecular formula is C23H29N3O2. The van der Waals surface area contributed by atoms with E-state index < -0.39 is 0 Å². The molecule has 1 aromatic carbocycles. The van der Waals surface area contributed by atoms with Crippen molar-refractivity contribution in [2.75, 3.05) is 0 Å². The Kier molecular flexibility index (Phi) is 4.77. The zero-order valence-corrected chi connectivity index (χ0v) is 17.1. The fourth-order valence-corrected chi connectivity index (χ4v) is 4.87. The molecule has 0 spiro atoms. The molecule has 2 aromatic rings. The fraction of sp³-hybridized carbons (Fsp3) is 0.478. The summed E-state index contributed by atoms with van der Waals surface area (Å²) in [6, 6.07) is 9.17. The second-order valence-corrected chi connectivity index (χ2v) is 8.58. The molecule has 3 aliphatic rings. The average Bonchev–Trinajstić information content (AvgIpc) is 2.94. The first-order valence-electron chi connectivity index (χ1n) is 10.2.